The Bertz CT molecular complexity index is 163. The van der Waals surface area contributed by atoms with Gasteiger partial charge in [-0.25, -0.2) is 0 Å². The molecule has 0 bridgehead atoms. The van der Waals surface area contributed by atoms with Gasteiger partial charge in [0, 0.05) is 6.04 Å². The Morgan fingerprint density at radius 2 is 2.27 bits per heavy atom. The second kappa shape index (κ2) is 3.51. The van der Waals surface area contributed by atoms with Gasteiger partial charge in [-0.15, -0.1) is 0 Å². The highest BCUT2D eigenvalue weighted by molar-refractivity contribution is 5.06. The molecule has 0 aromatic heterocycles. The lowest BCUT2D eigenvalue weighted by Gasteiger charge is -2.21. The lowest BCUT2D eigenvalue weighted by atomic mass is 10.2. The Hall–Kier alpha value is -0.860. The minimum atomic E-state index is 0.435. The second-order valence-corrected chi connectivity index (χ2v) is 3.09. The highest BCUT2D eigenvalue weighted by Gasteiger charge is 2.10. The third-order valence-corrected chi connectivity index (χ3v) is 1.59. The van der Waals surface area contributed by atoms with Crippen molar-refractivity contribution in [2.24, 2.45) is 5.73 Å². The molecule has 0 aliphatic carbocycles. The monoisotopic (exact) mass is 156 g/mol. The Morgan fingerprint density at radius 1 is 1.55 bits per heavy atom. The average Bonchev–Trinajstić information content (AvgIpc) is 1.93. The Kier molecular flexibility index (Phi) is 2.63. The number of hydrogen-bond donors (Lipinski definition) is 2. The predicted molar refractivity (Wildman–Crippen MR) is 44.7 cm³/mol. The van der Waals surface area contributed by atoms with Crippen molar-refractivity contribution < 1.29 is 4.74 Å². The van der Waals surface area contributed by atoms with Crippen molar-refractivity contribution >= 4 is 0 Å². The lowest BCUT2D eigenvalue weighted by molar-refractivity contribution is 0.179. The molecule has 0 amide bonds. The summed E-state index contributed by atoms with van der Waals surface area (Å²) in [5, 5.41) is 3.26. The minimum absolute atomic E-state index is 0.435. The molecule has 0 aromatic carbocycles. The topological polar surface area (TPSA) is 47.3 Å². The third-order valence-electron chi connectivity index (χ3n) is 1.59. The highest BCUT2D eigenvalue weighted by atomic mass is 16.5. The SMILES string of the molecule is CC(C)NC1=C(N)OCCC1. The Morgan fingerprint density at radius 3 is 2.82 bits per heavy atom. The first-order valence-corrected chi connectivity index (χ1v) is 4.08. The van der Waals surface area contributed by atoms with Gasteiger partial charge in [0.1, 0.15) is 0 Å². The van der Waals surface area contributed by atoms with E-state index in [4.69, 9.17) is 10.5 Å². The van der Waals surface area contributed by atoms with E-state index in [-0.39, 0.29) is 0 Å². The molecule has 0 atom stereocenters. The van der Waals surface area contributed by atoms with E-state index in [9.17, 15) is 0 Å². The van der Waals surface area contributed by atoms with Crippen LogP contribution in [0.4, 0.5) is 0 Å². The molecule has 1 aliphatic rings. The maximum absolute atomic E-state index is 5.62. The first kappa shape index (κ1) is 8.24. The van der Waals surface area contributed by atoms with Gasteiger partial charge in [0.15, 0.2) is 0 Å². The first-order valence-electron chi connectivity index (χ1n) is 4.08. The van der Waals surface area contributed by atoms with Crippen LogP contribution < -0.4 is 11.1 Å². The molecular formula is C8H16N2O. The van der Waals surface area contributed by atoms with Crippen LogP contribution >= 0.6 is 0 Å². The Balaban J connectivity index is 2.52. The number of hydrogen-bond acceptors (Lipinski definition) is 3. The number of nitrogens with one attached hydrogen (secondary N) is 1. The maximum Gasteiger partial charge on any atom is 0.203 e. The second-order valence-electron chi connectivity index (χ2n) is 3.09. The molecule has 1 rings (SSSR count). The van der Waals surface area contributed by atoms with Crippen LogP contribution in [0.3, 0.4) is 0 Å². The van der Waals surface area contributed by atoms with E-state index in [0.29, 0.717) is 11.9 Å². The van der Waals surface area contributed by atoms with E-state index < -0.39 is 0 Å². The fourth-order valence-corrected chi connectivity index (χ4v) is 1.13. The van der Waals surface area contributed by atoms with E-state index in [1.165, 1.54) is 0 Å². The summed E-state index contributed by atoms with van der Waals surface area (Å²) in [4.78, 5) is 0. The summed E-state index contributed by atoms with van der Waals surface area (Å²) in [7, 11) is 0. The van der Waals surface area contributed by atoms with E-state index in [1.54, 1.807) is 0 Å². The lowest BCUT2D eigenvalue weighted by Crippen LogP contribution is -2.28. The first-order chi connectivity index (χ1) is 5.20. The molecule has 0 saturated heterocycles. The molecule has 3 N–H and O–H groups in total. The fraction of sp³-hybridized carbons (Fsp3) is 0.750. The standard InChI is InChI=1S/C8H16N2O/c1-6(2)10-7-4-3-5-11-8(7)9/h6,10H,3-5,9H2,1-2H3. The van der Waals surface area contributed by atoms with Crippen LogP contribution in [0, 0.1) is 0 Å². The highest BCUT2D eigenvalue weighted by Crippen LogP contribution is 2.12. The molecule has 3 nitrogen and oxygen atoms in total. The molecule has 0 fully saturated rings. The largest absolute Gasteiger partial charge is 0.478 e. The van der Waals surface area contributed by atoms with Crippen LogP contribution in [0.25, 0.3) is 0 Å². The molecule has 1 aliphatic heterocycles. The van der Waals surface area contributed by atoms with Crippen molar-refractivity contribution in [2.75, 3.05) is 6.61 Å². The van der Waals surface area contributed by atoms with Crippen molar-refractivity contribution in [3.8, 4) is 0 Å². The predicted octanol–water partition coefficient (Wildman–Crippen LogP) is 0.923. The molecule has 0 radical (unpaired) electrons. The summed E-state index contributed by atoms with van der Waals surface area (Å²) in [5.74, 6) is 0.574. The van der Waals surface area contributed by atoms with Crippen LogP contribution in [0.5, 0.6) is 0 Å². The van der Waals surface area contributed by atoms with E-state index in [2.05, 4.69) is 19.2 Å². The summed E-state index contributed by atoms with van der Waals surface area (Å²) in [6, 6.07) is 0.435. The van der Waals surface area contributed by atoms with Gasteiger partial charge in [-0.1, -0.05) is 0 Å². The van der Waals surface area contributed by atoms with Gasteiger partial charge in [0.05, 0.1) is 12.3 Å². The van der Waals surface area contributed by atoms with Crippen molar-refractivity contribution in [3.05, 3.63) is 11.6 Å². The molecule has 0 saturated carbocycles. The zero-order chi connectivity index (χ0) is 8.27. The molecule has 0 spiro atoms. The van der Waals surface area contributed by atoms with Gasteiger partial charge in [-0.2, -0.15) is 0 Å². The smallest absolute Gasteiger partial charge is 0.203 e. The van der Waals surface area contributed by atoms with Gasteiger partial charge in [-0.05, 0) is 26.7 Å². The van der Waals surface area contributed by atoms with Gasteiger partial charge in [0.25, 0.3) is 0 Å². The molecular weight excluding hydrogens is 140 g/mol. The normalized spacial score (nSPS) is 18.5. The zero-order valence-corrected chi connectivity index (χ0v) is 7.18. The minimum Gasteiger partial charge on any atom is -0.478 e. The fourth-order valence-electron chi connectivity index (χ4n) is 1.13. The van der Waals surface area contributed by atoms with Gasteiger partial charge in [-0.3, -0.25) is 0 Å². The summed E-state index contributed by atoms with van der Waals surface area (Å²) in [5.41, 5.74) is 6.68. The van der Waals surface area contributed by atoms with E-state index >= 15 is 0 Å². The number of ether oxygens (including phenoxy) is 1. The Labute approximate surface area is 67.6 Å². The third kappa shape index (κ3) is 2.33. The van der Waals surface area contributed by atoms with E-state index in [1.807, 2.05) is 0 Å². The summed E-state index contributed by atoms with van der Waals surface area (Å²) >= 11 is 0. The molecule has 0 aromatic rings. The van der Waals surface area contributed by atoms with Crippen molar-refractivity contribution in [1.29, 1.82) is 0 Å². The van der Waals surface area contributed by atoms with Gasteiger partial charge < -0.3 is 15.8 Å². The van der Waals surface area contributed by atoms with Crippen molar-refractivity contribution in [1.82, 2.24) is 5.32 Å². The van der Waals surface area contributed by atoms with Gasteiger partial charge >= 0.3 is 0 Å². The van der Waals surface area contributed by atoms with Crippen LogP contribution in [0.15, 0.2) is 11.6 Å². The van der Waals surface area contributed by atoms with Crippen LogP contribution in [0.2, 0.25) is 0 Å². The molecule has 11 heavy (non-hydrogen) atoms. The number of rotatable bonds is 2. The molecule has 3 heteroatoms. The average molecular weight is 156 g/mol. The van der Waals surface area contributed by atoms with Crippen LogP contribution in [0.1, 0.15) is 26.7 Å². The summed E-state index contributed by atoms with van der Waals surface area (Å²) in [6.07, 6.45) is 2.08. The maximum atomic E-state index is 5.62. The van der Waals surface area contributed by atoms with Gasteiger partial charge in [0.2, 0.25) is 5.88 Å². The summed E-state index contributed by atoms with van der Waals surface area (Å²) in [6.45, 7) is 4.94. The van der Waals surface area contributed by atoms with Crippen molar-refractivity contribution in [3.63, 3.8) is 0 Å². The van der Waals surface area contributed by atoms with Crippen molar-refractivity contribution in [2.45, 2.75) is 32.7 Å². The zero-order valence-electron chi connectivity index (χ0n) is 7.18. The number of allylic oxidation sites excluding steroid dienone is 1. The summed E-state index contributed by atoms with van der Waals surface area (Å²) < 4.78 is 5.19. The molecule has 0 unspecified atom stereocenters. The quantitative estimate of drug-likeness (QED) is 0.625. The molecule has 64 valence electrons. The number of nitrogens with two attached hydrogens (primary N) is 1. The van der Waals surface area contributed by atoms with Crippen LogP contribution in [-0.4, -0.2) is 12.6 Å². The van der Waals surface area contributed by atoms with Crippen LogP contribution in [-0.2, 0) is 4.74 Å². The molecule has 1 heterocycles. The van der Waals surface area contributed by atoms with E-state index in [0.717, 1.165) is 25.1 Å².